The van der Waals surface area contributed by atoms with Gasteiger partial charge in [0.05, 0.1) is 64.6 Å². The molecule has 3 N–H and O–H groups in total. The van der Waals surface area contributed by atoms with Crippen LogP contribution in [0.1, 0.15) is 26.0 Å². The molecule has 0 aliphatic carbocycles. The van der Waals surface area contributed by atoms with Gasteiger partial charge in [-0.2, -0.15) is 5.10 Å². The molecule has 6 aromatic rings. The topological polar surface area (TPSA) is 143 Å². The largest absolute Gasteiger partial charge is 0.335 e. The second-order valence-electron chi connectivity index (χ2n) is 9.45. The van der Waals surface area contributed by atoms with Crippen LogP contribution < -0.4 is 5.32 Å². The number of halogens is 1. The molecule has 0 atom stereocenters. The Morgan fingerprint density at radius 1 is 1.08 bits per heavy atom. The highest BCUT2D eigenvalue weighted by Gasteiger charge is 2.21. The van der Waals surface area contributed by atoms with Gasteiger partial charge in [0.15, 0.2) is 11.6 Å². The van der Waals surface area contributed by atoms with E-state index in [0.29, 0.717) is 45.7 Å². The van der Waals surface area contributed by atoms with Crippen molar-refractivity contribution in [3.05, 3.63) is 61.1 Å². The van der Waals surface area contributed by atoms with Crippen molar-refractivity contribution in [2.24, 2.45) is 5.92 Å². The van der Waals surface area contributed by atoms with Crippen molar-refractivity contribution in [1.29, 1.82) is 0 Å². The summed E-state index contributed by atoms with van der Waals surface area (Å²) < 4.78 is 17.8. The molecule has 0 aromatic carbocycles. The molecule has 11 nitrogen and oxygen atoms in total. The predicted octanol–water partition coefficient (Wildman–Crippen LogP) is 4.58. The number of nitrogens with one attached hydrogen (secondary N) is 3. The highest BCUT2D eigenvalue weighted by atomic mass is 19.1. The minimum Gasteiger partial charge on any atom is -0.335 e. The molecule has 6 rings (SSSR count). The lowest BCUT2D eigenvalue weighted by atomic mass is 10.1. The fourth-order valence-corrected chi connectivity index (χ4v) is 4.34. The molecule has 0 aliphatic rings. The molecule has 6 aromatic heterocycles. The van der Waals surface area contributed by atoms with Crippen LogP contribution in [0.2, 0.25) is 0 Å². The summed E-state index contributed by atoms with van der Waals surface area (Å²) in [4.78, 5) is 37.2. The Morgan fingerprint density at radius 3 is 2.71 bits per heavy atom. The first-order valence-electron chi connectivity index (χ1n) is 12.0. The smallest absolute Gasteiger partial charge is 0.224 e. The van der Waals surface area contributed by atoms with Crippen molar-refractivity contribution in [2.75, 3.05) is 5.32 Å². The van der Waals surface area contributed by atoms with Crippen LogP contribution in [0.3, 0.4) is 0 Å². The molecule has 12 heteroatoms. The summed E-state index contributed by atoms with van der Waals surface area (Å²) in [6, 6.07) is 1.65. The minimum atomic E-state index is -0.581. The lowest BCUT2D eigenvalue weighted by molar-refractivity contribution is -0.116. The van der Waals surface area contributed by atoms with E-state index >= 15 is 4.39 Å². The molecule has 0 radical (unpaired) electrons. The van der Waals surface area contributed by atoms with E-state index < -0.39 is 5.82 Å². The predicted molar refractivity (Wildman–Crippen MR) is 140 cm³/mol. The Balaban J connectivity index is 1.42. The number of hydrogen-bond donors (Lipinski definition) is 3. The molecule has 0 saturated carbocycles. The van der Waals surface area contributed by atoms with E-state index in [2.05, 4.69) is 40.4 Å². The van der Waals surface area contributed by atoms with Gasteiger partial charge in [0.25, 0.3) is 0 Å². The molecule has 6 heterocycles. The number of aromatic amines is 2. The van der Waals surface area contributed by atoms with E-state index in [9.17, 15) is 4.79 Å². The Hall–Kier alpha value is -5.00. The number of aromatic nitrogens is 9. The Kier molecular flexibility index (Phi) is 5.63. The van der Waals surface area contributed by atoms with Crippen molar-refractivity contribution in [3.8, 4) is 28.5 Å². The summed E-state index contributed by atoms with van der Waals surface area (Å²) in [6.45, 7) is 5.82. The van der Waals surface area contributed by atoms with E-state index in [1.54, 1.807) is 24.8 Å². The van der Waals surface area contributed by atoms with E-state index in [1.165, 1.54) is 18.6 Å². The van der Waals surface area contributed by atoms with E-state index in [1.807, 2.05) is 31.5 Å². The minimum absolute atomic E-state index is 0.0833. The van der Waals surface area contributed by atoms with Crippen LogP contribution in [0.25, 0.3) is 50.4 Å². The van der Waals surface area contributed by atoms with Gasteiger partial charge in [-0.3, -0.25) is 24.8 Å². The van der Waals surface area contributed by atoms with Crippen LogP contribution in [-0.4, -0.2) is 50.6 Å². The number of rotatable bonds is 6. The number of anilines is 1. The van der Waals surface area contributed by atoms with Gasteiger partial charge in [0, 0.05) is 24.4 Å². The van der Waals surface area contributed by atoms with E-state index in [4.69, 9.17) is 4.98 Å². The normalized spacial score (nSPS) is 11.6. The van der Waals surface area contributed by atoms with Crippen molar-refractivity contribution in [1.82, 2.24) is 44.7 Å². The maximum atomic E-state index is 16.0. The highest BCUT2D eigenvalue weighted by molar-refractivity contribution is 5.96. The maximum absolute atomic E-state index is 16.0. The second kappa shape index (κ2) is 9.14. The summed E-state index contributed by atoms with van der Waals surface area (Å²) >= 11 is 0. The average Bonchev–Trinajstić information content (AvgIpc) is 3.61. The first-order chi connectivity index (χ1) is 18.4. The molecule has 190 valence electrons. The molecule has 0 fully saturated rings. The number of carbonyl (C=O) groups is 1. The van der Waals surface area contributed by atoms with Crippen molar-refractivity contribution >= 4 is 33.5 Å². The molecule has 1 amide bonds. The summed E-state index contributed by atoms with van der Waals surface area (Å²) in [5.74, 6) is -0.130. The zero-order valence-electron chi connectivity index (χ0n) is 20.8. The van der Waals surface area contributed by atoms with Gasteiger partial charge in [0.1, 0.15) is 16.9 Å². The molecule has 0 bridgehead atoms. The SMILES string of the molecule is Cc1cn(-c2cncc3[nH]c(-c4n[nH]c5cnc(-c6cncc(NC(=O)CC(C)C)c6)c(F)c45)nc23)cn1. The van der Waals surface area contributed by atoms with Crippen molar-refractivity contribution in [3.63, 3.8) is 0 Å². The van der Waals surface area contributed by atoms with Gasteiger partial charge in [-0.1, -0.05) is 13.8 Å². The maximum Gasteiger partial charge on any atom is 0.224 e. The van der Waals surface area contributed by atoms with E-state index in [0.717, 1.165) is 11.4 Å². The van der Waals surface area contributed by atoms with Crippen LogP contribution in [0.5, 0.6) is 0 Å². The fourth-order valence-electron chi connectivity index (χ4n) is 4.34. The van der Waals surface area contributed by atoms with Gasteiger partial charge in [0.2, 0.25) is 5.91 Å². The van der Waals surface area contributed by atoms with Crippen LogP contribution in [-0.2, 0) is 4.79 Å². The van der Waals surface area contributed by atoms with Crippen molar-refractivity contribution < 1.29 is 9.18 Å². The number of H-pyrrole nitrogens is 2. The first-order valence-corrected chi connectivity index (χ1v) is 12.0. The Labute approximate surface area is 215 Å². The number of amides is 1. The molecule has 38 heavy (non-hydrogen) atoms. The van der Waals surface area contributed by atoms with Gasteiger partial charge in [-0.15, -0.1) is 0 Å². The average molecular weight is 511 g/mol. The highest BCUT2D eigenvalue weighted by Crippen LogP contribution is 2.33. The molecule has 0 spiro atoms. The number of nitrogens with zero attached hydrogens (tertiary/aromatic N) is 7. The molecule has 0 saturated heterocycles. The van der Waals surface area contributed by atoms with Gasteiger partial charge in [-0.25, -0.2) is 14.4 Å². The Morgan fingerprint density at radius 2 is 1.92 bits per heavy atom. The molecule has 0 aliphatic heterocycles. The molecule has 0 unspecified atom stereocenters. The Bertz CT molecular complexity index is 1820. The molecular weight excluding hydrogens is 487 g/mol. The van der Waals surface area contributed by atoms with Gasteiger partial charge >= 0.3 is 0 Å². The summed E-state index contributed by atoms with van der Waals surface area (Å²) in [5.41, 5.74) is 4.60. The summed E-state index contributed by atoms with van der Waals surface area (Å²) in [5, 5.41) is 10.2. The number of hydrogen-bond acceptors (Lipinski definition) is 7. The number of imidazole rings is 2. The lowest BCUT2D eigenvalue weighted by Gasteiger charge is -2.09. The quantitative estimate of drug-likeness (QED) is 0.298. The number of pyridine rings is 3. The lowest BCUT2D eigenvalue weighted by Crippen LogP contribution is -2.14. The number of fused-ring (bicyclic) bond motifs is 2. The number of aryl methyl sites for hydroxylation is 1. The number of carbonyl (C=O) groups excluding carboxylic acids is 1. The monoisotopic (exact) mass is 510 g/mol. The van der Waals surface area contributed by atoms with E-state index in [-0.39, 0.29) is 22.9 Å². The summed E-state index contributed by atoms with van der Waals surface area (Å²) in [7, 11) is 0. The van der Waals surface area contributed by atoms with Crippen molar-refractivity contribution in [2.45, 2.75) is 27.2 Å². The zero-order chi connectivity index (χ0) is 26.4. The first kappa shape index (κ1) is 23.4. The van der Waals surface area contributed by atoms with Crippen LogP contribution in [0.15, 0.2) is 49.6 Å². The van der Waals surface area contributed by atoms with Gasteiger partial charge in [-0.05, 0) is 18.9 Å². The second-order valence-corrected chi connectivity index (χ2v) is 9.45. The standard InChI is InChI=1S/C26H23FN10O/c1-13(2)4-20(38)32-16-5-15(6-28-7-16)23-22(27)21-17(9-30-23)35-36-25(21)26-33-18-8-29-10-19(24(18)34-26)37-11-14(3)31-12-37/h5-13H,4H2,1-3H3,(H,32,38)(H,33,34)(H,35,36). The van der Waals surface area contributed by atoms with Crippen LogP contribution >= 0.6 is 0 Å². The van der Waals surface area contributed by atoms with Crippen LogP contribution in [0, 0.1) is 18.7 Å². The fraction of sp³-hybridized carbons (Fsp3) is 0.192. The van der Waals surface area contributed by atoms with Gasteiger partial charge < -0.3 is 14.9 Å². The zero-order valence-corrected chi connectivity index (χ0v) is 20.8. The third-order valence-corrected chi connectivity index (χ3v) is 6.02. The van der Waals surface area contributed by atoms with Crippen LogP contribution in [0.4, 0.5) is 10.1 Å². The molecular formula is C26H23FN10O. The third-order valence-electron chi connectivity index (χ3n) is 6.02. The third kappa shape index (κ3) is 4.15. The summed E-state index contributed by atoms with van der Waals surface area (Å²) in [6.07, 6.45) is 11.8.